The number of aromatic hydroxyl groups is 1. The molecule has 0 unspecified atom stereocenters. The number of unbranched alkanes of at least 4 members (excludes halogenated alkanes) is 2. The van der Waals surface area contributed by atoms with Crippen LogP contribution in [0.1, 0.15) is 19.3 Å². The Labute approximate surface area is 153 Å². The van der Waals surface area contributed by atoms with Gasteiger partial charge in [-0.25, -0.2) is 14.6 Å². The molecule has 6 nitrogen and oxygen atoms in total. The van der Waals surface area contributed by atoms with Crippen LogP contribution < -0.4 is 0 Å². The van der Waals surface area contributed by atoms with Crippen molar-refractivity contribution in [1.82, 2.24) is 4.98 Å². The van der Waals surface area contributed by atoms with Gasteiger partial charge in [-0.3, -0.25) is 0 Å². The van der Waals surface area contributed by atoms with Crippen molar-refractivity contribution in [3.05, 3.63) is 43.0 Å². The van der Waals surface area contributed by atoms with E-state index in [2.05, 4.69) is 11.6 Å². The number of carboxylic acid groups (broad SMARTS) is 2. The predicted octanol–water partition coefficient (Wildman–Crippen LogP) is 4.16. The number of hydrogen-bond donors (Lipinski definition) is 3. The van der Waals surface area contributed by atoms with Crippen molar-refractivity contribution >= 4 is 45.3 Å². The minimum atomic E-state index is -1.26. The third-order valence-electron chi connectivity index (χ3n) is 2.75. The Morgan fingerprint density at radius 2 is 1.88 bits per heavy atom. The molecule has 1 heterocycles. The van der Waals surface area contributed by atoms with Gasteiger partial charge in [0, 0.05) is 17.9 Å². The highest BCUT2D eigenvalue weighted by Gasteiger charge is 2.04. The van der Waals surface area contributed by atoms with Gasteiger partial charge in [0.05, 0.1) is 10.2 Å². The predicted molar refractivity (Wildman–Crippen MR) is 100 cm³/mol. The Morgan fingerprint density at radius 1 is 1.20 bits per heavy atom. The molecule has 0 radical (unpaired) electrons. The molecule has 25 heavy (non-hydrogen) atoms. The van der Waals surface area contributed by atoms with Crippen LogP contribution in [0.15, 0.2) is 47.3 Å². The number of nitrogens with zero attached hydrogens (tertiary/aromatic N) is 1. The zero-order valence-corrected chi connectivity index (χ0v) is 15.1. The maximum atomic E-state index is 9.55. The molecule has 2 rings (SSSR count). The number of benzene rings is 1. The van der Waals surface area contributed by atoms with E-state index >= 15 is 0 Å². The zero-order chi connectivity index (χ0) is 18.7. The molecule has 1 aromatic heterocycles. The first-order chi connectivity index (χ1) is 11.9. The quantitative estimate of drug-likeness (QED) is 0.273. The summed E-state index contributed by atoms with van der Waals surface area (Å²) < 4.78 is 2.14. The fourth-order valence-electron chi connectivity index (χ4n) is 1.65. The standard InChI is InChI=1S/C13H15NOS2.C4H4O4/c1-2-3-4-5-8-16-13-14-11-7-6-10(15)9-12(11)17-13;5-3(6)1-2-4(7)8/h2,6-7,9,15H,1,3-5,8H2;1-2H,(H,5,6)(H,7,8). The molecule has 8 heteroatoms. The first-order valence-electron chi connectivity index (χ1n) is 7.39. The van der Waals surface area contributed by atoms with E-state index in [0.29, 0.717) is 17.9 Å². The Hall–Kier alpha value is -2.32. The Bertz CT molecular complexity index is 739. The molecule has 0 bridgehead atoms. The fourth-order valence-corrected chi connectivity index (χ4v) is 3.82. The Balaban J connectivity index is 0.000000333. The second-order valence-electron chi connectivity index (χ2n) is 4.77. The number of allylic oxidation sites excluding steroid dienone is 1. The van der Waals surface area contributed by atoms with Gasteiger partial charge in [0.1, 0.15) is 5.75 Å². The van der Waals surface area contributed by atoms with Gasteiger partial charge in [0.25, 0.3) is 0 Å². The van der Waals surface area contributed by atoms with E-state index in [1.807, 2.05) is 12.1 Å². The number of phenolic OH excluding ortho intramolecular Hbond substituents is 1. The number of aliphatic carboxylic acids is 2. The molecule has 134 valence electrons. The molecule has 0 spiro atoms. The number of carbonyl (C=O) groups is 2. The lowest BCUT2D eigenvalue weighted by molar-refractivity contribution is -0.134. The molecule has 2 aromatic rings. The van der Waals surface area contributed by atoms with Gasteiger partial charge >= 0.3 is 11.9 Å². The summed E-state index contributed by atoms with van der Waals surface area (Å²) in [5, 5.41) is 25.0. The van der Waals surface area contributed by atoms with Crippen molar-refractivity contribution < 1.29 is 24.9 Å². The van der Waals surface area contributed by atoms with Crippen LogP contribution in [0, 0.1) is 0 Å². The summed E-state index contributed by atoms with van der Waals surface area (Å²) in [6.07, 6.45) is 6.56. The SMILES string of the molecule is C=CCCCCSc1nc2ccc(O)cc2s1.O=C(O)C=CC(=O)O. The lowest BCUT2D eigenvalue weighted by atomic mass is 10.2. The summed E-state index contributed by atoms with van der Waals surface area (Å²) in [6, 6.07) is 5.32. The van der Waals surface area contributed by atoms with Crippen molar-refractivity contribution in [3.63, 3.8) is 0 Å². The minimum Gasteiger partial charge on any atom is -0.508 e. The summed E-state index contributed by atoms with van der Waals surface area (Å²) in [4.78, 5) is 23.6. The smallest absolute Gasteiger partial charge is 0.328 e. The van der Waals surface area contributed by atoms with Crippen molar-refractivity contribution in [1.29, 1.82) is 0 Å². The summed E-state index contributed by atoms with van der Waals surface area (Å²) in [7, 11) is 0. The first kappa shape index (κ1) is 20.7. The van der Waals surface area contributed by atoms with Crippen molar-refractivity contribution in [3.8, 4) is 5.75 Å². The van der Waals surface area contributed by atoms with Gasteiger partial charge in [0.15, 0.2) is 4.34 Å². The van der Waals surface area contributed by atoms with Crippen LogP contribution in [0.2, 0.25) is 0 Å². The number of fused-ring (bicyclic) bond motifs is 1. The highest BCUT2D eigenvalue weighted by molar-refractivity contribution is 8.01. The lowest BCUT2D eigenvalue weighted by Crippen LogP contribution is -1.91. The summed E-state index contributed by atoms with van der Waals surface area (Å²) >= 11 is 3.44. The van der Waals surface area contributed by atoms with Crippen molar-refractivity contribution in [2.75, 3.05) is 5.75 Å². The maximum absolute atomic E-state index is 9.55. The molecular weight excluding hydrogens is 362 g/mol. The molecule has 0 fully saturated rings. The average Bonchev–Trinajstić information content (AvgIpc) is 2.95. The molecule has 0 saturated carbocycles. The van der Waals surface area contributed by atoms with Crippen LogP contribution in [0.4, 0.5) is 0 Å². The van der Waals surface area contributed by atoms with Crippen LogP contribution in [0.25, 0.3) is 10.2 Å². The molecule has 1 aromatic carbocycles. The maximum Gasteiger partial charge on any atom is 0.328 e. The second kappa shape index (κ2) is 11.3. The molecule has 0 saturated heterocycles. The molecule has 0 atom stereocenters. The molecule has 3 N–H and O–H groups in total. The molecule has 0 aliphatic heterocycles. The van der Waals surface area contributed by atoms with Gasteiger partial charge in [-0.15, -0.1) is 17.9 Å². The monoisotopic (exact) mass is 381 g/mol. The van der Waals surface area contributed by atoms with Crippen LogP contribution in [0.3, 0.4) is 0 Å². The lowest BCUT2D eigenvalue weighted by Gasteiger charge is -1.95. The normalized spacial score (nSPS) is 10.4. The van der Waals surface area contributed by atoms with Crippen LogP contribution >= 0.6 is 23.1 Å². The first-order valence-corrected chi connectivity index (χ1v) is 9.19. The Kier molecular flexibility index (Phi) is 9.34. The summed E-state index contributed by atoms with van der Waals surface area (Å²) in [6.45, 7) is 3.71. The molecular formula is C17H19NO5S2. The molecule has 0 aliphatic carbocycles. The van der Waals surface area contributed by atoms with Gasteiger partial charge in [-0.1, -0.05) is 17.8 Å². The average molecular weight is 381 g/mol. The topological polar surface area (TPSA) is 108 Å². The largest absolute Gasteiger partial charge is 0.508 e. The van der Waals surface area contributed by atoms with E-state index in [-0.39, 0.29) is 0 Å². The van der Waals surface area contributed by atoms with Crippen molar-refractivity contribution in [2.45, 2.75) is 23.6 Å². The highest BCUT2D eigenvalue weighted by Crippen LogP contribution is 2.31. The summed E-state index contributed by atoms with van der Waals surface area (Å²) in [5.74, 6) is -1.11. The van der Waals surface area contributed by atoms with Crippen LogP contribution in [-0.4, -0.2) is 38.0 Å². The van der Waals surface area contributed by atoms with Gasteiger partial charge in [-0.05, 0) is 37.5 Å². The highest BCUT2D eigenvalue weighted by atomic mass is 32.2. The van der Waals surface area contributed by atoms with Crippen LogP contribution in [0.5, 0.6) is 5.75 Å². The Morgan fingerprint density at radius 3 is 2.48 bits per heavy atom. The number of hydrogen-bond acceptors (Lipinski definition) is 6. The number of thioether (sulfide) groups is 1. The van der Waals surface area contributed by atoms with E-state index < -0.39 is 11.9 Å². The van der Waals surface area contributed by atoms with E-state index in [4.69, 9.17) is 10.2 Å². The van der Waals surface area contributed by atoms with E-state index in [9.17, 15) is 14.7 Å². The third-order valence-corrected chi connectivity index (χ3v) is 5.00. The van der Waals surface area contributed by atoms with Gasteiger partial charge in [-0.2, -0.15) is 0 Å². The zero-order valence-electron chi connectivity index (χ0n) is 13.4. The van der Waals surface area contributed by atoms with E-state index in [0.717, 1.165) is 26.7 Å². The van der Waals surface area contributed by atoms with E-state index in [1.54, 1.807) is 35.2 Å². The number of phenols is 1. The van der Waals surface area contributed by atoms with Gasteiger partial charge < -0.3 is 15.3 Å². The number of rotatable bonds is 8. The number of carboxylic acids is 2. The minimum absolute atomic E-state index is 0.309. The molecule has 0 amide bonds. The van der Waals surface area contributed by atoms with Crippen LogP contribution in [-0.2, 0) is 9.59 Å². The number of thiazole rings is 1. The molecule has 0 aliphatic rings. The second-order valence-corrected chi connectivity index (χ2v) is 7.15. The fraction of sp³-hybridized carbons (Fsp3) is 0.235. The number of aromatic nitrogens is 1. The van der Waals surface area contributed by atoms with Crippen molar-refractivity contribution in [2.24, 2.45) is 0 Å². The van der Waals surface area contributed by atoms with Gasteiger partial charge in [0.2, 0.25) is 0 Å². The van der Waals surface area contributed by atoms with E-state index in [1.165, 1.54) is 12.8 Å². The summed E-state index contributed by atoms with van der Waals surface area (Å²) in [5.41, 5.74) is 0.974. The third kappa shape index (κ3) is 8.92.